The summed E-state index contributed by atoms with van der Waals surface area (Å²) in [4.78, 5) is 2.67. The second kappa shape index (κ2) is 6.41. The highest BCUT2D eigenvalue weighted by Crippen LogP contribution is 2.18. The quantitative estimate of drug-likeness (QED) is 0.729. The highest BCUT2D eigenvalue weighted by atomic mass is 15.2. The van der Waals surface area contributed by atoms with E-state index in [1.807, 2.05) is 0 Å². The van der Waals surface area contributed by atoms with Crippen LogP contribution >= 0.6 is 0 Å². The summed E-state index contributed by atoms with van der Waals surface area (Å²) in [5.41, 5.74) is 0. The van der Waals surface area contributed by atoms with Crippen LogP contribution in [0.15, 0.2) is 0 Å². The van der Waals surface area contributed by atoms with Crippen LogP contribution in [0.25, 0.3) is 0 Å². The van der Waals surface area contributed by atoms with Gasteiger partial charge in [0, 0.05) is 25.2 Å². The van der Waals surface area contributed by atoms with Gasteiger partial charge in [0.15, 0.2) is 0 Å². The zero-order chi connectivity index (χ0) is 10.4. The molecule has 1 aliphatic rings. The molecule has 1 aliphatic heterocycles. The van der Waals surface area contributed by atoms with E-state index in [-0.39, 0.29) is 0 Å². The van der Waals surface area contributed by atoms with Crippen molar-refractivity contribution in [3.05, 3.63) is 0 Å². The number of piperidine rings is 1. The van der Waals surface area contributed by atoms with E-state index in [4.69, 9.17) is 0 Å². The Morgan fingerprint density at radius 3 is 2.79 bits per heavy atom. The second-order valence-corrected chi connectivity index (χ2v) is 4.70. The van der Waals surface area contributed by atoms with Crippen LogP contribution in [0, 0.1) is 0 Å². The molecule has 0 spiro atoms. The maximum absolute atomic E-state index is 3.50. The van der Waals surface area contributed by atoms with E-state index in [1.165, 1.54) is 38.8 Å². The van der Waals surface area contributed by atoms with Gasteiger partial charge in [-0.25, -0.2) is 0 Å². The van der Waals surface area contributed by atoms with Crippen molar-refractivity contribution in [2.75, 3.05) is 19.6 Å². The molecule has 0 aromatic heterocycles. The van der Waals surface area contributed by atoms with Crippen molar-refractivity contribution in [3.8, 4) is 0 Å². The first-order chi connectivity index (χ1) is 6.74. The Hall–Kier alpha value is -0.0800. The van der Waals surface area contributed by atoms with Gasteiger partial charge >= 0.3 is 0 Å². The normalized spacial score (nSPS) is 24.4. The fourth-order valence-corrected chi connectivity index (χ4v) is 2.31. The minimum Gasteiger partial charge on any atom is -0.313 e. The summed E-state index contributed by atoms with van der Waals surface area (Å²) in [6.45, 7) is 10.4. The second-order valence-electron chi connectivity index (χ2n) is 4.70. The van der Waals surface area contributed by atoms with E-state index >= 15 is 0 Å². The molecular formula is C12H26N2. The zero-order valence-corrected chi connectivity index (χ0v) is 10.1. The van der Waals surface area contributed by atoms with Gasteiger partial charge in [0.2, 0.25) is 0 Å². The lowest BCUT2D eigenvalue weighted by molar-refractivity contribution is 0.144. The average Bonchev–Trinajstić information content (AvgIpc) is 2.18. The van der Waals surface area contributed by atoms with Crippen molar-refractivity contribution < 1.29 is 0 Å². The Morgan fingerprint density at radius 1 is 1.36 bits per heavy atom. The molecule has 0 amide bonds. The van der Waals surface area contributed by atoms with E-state index in [0.717, 1.165) is 12.6 Å². The molecule has 1 saturated heterocycles. The Morgan fingerprint density at radius 2 is 2.14 bits per heavy atom. The summed E-state index contributed by atoms with van der Waals surface area (Å²) >= 11 is 0. The largest absolute Gasteiger partial charge is 0.313 e. The Balaban J connectivity index is 2.19. The van der Waals surface area contributed by atoms with Crippen LogP contribution in [0.5, 0.6) is 0 Å². The van der Waals surface area contributed by atoms with Gasteiger partial charge in [-0.1, -0.05) is 27.2 Å². The number of likely N-dealkylation sites (tertiary alicyclic amines) is 1. The molecular weight excluding hydrogens is 172 g/mol. The van der Waals surface area contributed by atoms with Gasteiger partial charge in [-0.3, -0.25) is 4.90 Å². The topological polar surface area (TPSA) is 15.3 Å². The van der Waals surface area contributed by atoms with E-state index in [1.54, 1.807) is 0 Å². The lowest BCUT2D eigenvalue weighted by Crippen LogP contribution is -2.43. The zero-order valence-electron chi connectivity index (χ0n) is 10.1. The summed E-state index contributed by atoms with van der Waals surface area (Å²) in [6, 6.07) is 1.48. The van der Waals surface area contributed by atoms with Gasteiger partial charge in [0.05, 0.1) is 0 Å². The molecule has 0 bridgehead atoms. The molecule has 1 heterocycles. The van der Waals surface area contributed by atoms with Crippen LogP contribution in [0.1, 0.15) is 46.5 Å². The summed E-state index contributed by atoms with van der Waals surface area (Å²) in [7, 11) is 0. The summed E-state index contributed by atoms with van der Waals surface area (Å²) in [6.07, 6.45) is 5.57. The van der Waals surface area contributed by atoms with Crippen molar-refractivity contribution in [2.24, 2.45) is 0 Å². The van der Waals surface area contributed by atoms with E-state index in [0.29, 0.717) is 6.04 Å². The minimum atomic E-state index is 0.625. The first-order valence-corrected chi connectivity index (χ1v) is 6.21. The van der Waals surface area contributed by atoms with Gasteiger partial charge in [-0.15, -0.1) is 0 Å². The Bertz CT molecular complexity index is 145. The number of nitrogens with zero attached hydrogens (tertiary/aromatic N) is 1. The summed E-state index contributed by atoms with van der Waals surface area (Å²) in [5.74, 6) is 0. The molecule has 1 fully saturated rings. The number of hydrogen-bond acceptors (Lipinski definition) is 2. The third-order valence-corrected chi connectivity index (χ3v) is 3.17. The van der Waals surface area contributed by atoms with Gasteiger partial charge < -0.3 is 5.32 Å². The SMILES string of the molecule is CCC1CCCCN1CCNC(C)C. The molecule has 84 valence electrons. The lowest BCUT2D eigenvalue weighted by atomic mass is 10.0. The summed E-state index contributed by atoms with van der Waals surface area (Å²) < 4.78 is 0. The summed E-state index contributed by atoms with van der Waals surface area (Å²) in [5, 5.41) is 3.50. The van der Waals surface area contributed by atoms with Crippen molar-refractivity contribution in [2.45, 2.75) is 58.5 Å². The molecule has 2 nitrogen and oxygen atoms in total. The third kappa shape index (κ3) is 3.97. The molecule has 0 radical (unpaired) electrons. The van der Waals surface area contributed by atoms with Gasteiger partial charge in [-0.05, 0) is 25.8 Å². The average molecular weight is 198 g/mol. The fourth-order valence-electron chi connectivity index (χ4n) is 2.31. The number of rotatable bonds is 5. The predicted octanol–water partition coefficient (Wildman–Crippen LogP) is 2.25. The maximum Gasteiger partial charge on any atom is 0.0110 e. The van der Waals surface area contributed by atoms with Gasteiger partial charge in [0.25, 0.3) is 0 Å². The number of hydrogen-bond donors (Lipinski definition) is 1. The lowest BCUT2D eigenvalue weighted by Gasteiger charge is -2.35. The molecule has 0 aromatic carbocycles. The molecule has 1 unspecified atom stereocenters. The van der Waals surface area contributed by atoms with Crippen molar-refractivity contribution in [1.82, 2.24) is 10.2 Å². The molecule has 14 heavy (non-hydrogen) atoms. The molecule has 1 atom stereocenters. The third-order valence-electron chi connectivity index (χ3n) is 3.17. The maximum atomic E-state index is 3.50. The van der Waals surface area contributed by atoms with Crippen molar-refractivity contribution in [3.63, 3.8) is 0 Å². The minimum absolute atomic E-state index is 0.625. The monoisotopic (exact) mass is 198 g/mol. The fraction of sp³-hybridized carbons (Fsp3) is 1.00. The Kier molecular flexibility index (Phi) is 5.49. The molecule has 0 aliphatic carbocycles. The molecule has 0 saturated carbocycles. The molecule has 2 heteroatoms. The van der Waals surface area contributed by atoms with Crippen LogP contribution in [0.4, 0.5) is 0 Å². The molecule has 1 rings (SSSR count). The van der Waals surface area contributed by atoms with Crippen LogP contribution in [0.2, 0.25) is 0 Å². The predicted molar refractivity (Wildman–Crippen MR) is 62.6 cm³/mol. The smallest absolute Gasteiger partial charge is 0.0110 e. The van der Waals surface area contributed by atoms with Crippen molar-refractivity contribution in [1.29, 1.82) is 0 Å². The van der Waals surface area contributed by atoms with Crippen LogP contribution in [-0.2, 0) is 0 Å². The van der Waals surface area contributed by atoms with Gasteiger partial charge in [0.1, 0.15) is 0 Å². The van der Waals surface area contributed by atoms with E-state index in [2.05, 4.69) is 31.0 Å². The van der Waals surface area contributed by atoms with E-state index in [9.17, 15) is 0 Å². The Labute approximate surface area is 89.1 Å². The first-order valence-electron chi connectivity index (χ1n) is 6.21. The van der Waals surface area contributed by atoms with Crippen LogP contribution in [-0.4, -0.2) is 36.6 Å². The highest BCUT2D eigenvalue weighted by Gasteiger charge is 2.19. The standard InChI is InChI=1S/C12H26N2/c1-4-12-7-5-6-9-14(12)10-8-13-11(2)3/h11-13H,4-10H2,1-3H3. The number of nitrogens with one attached hydrogen (secondary N) is 1. The first kappa shape index (κ1) is 12.0. The molecule has 1 N–H and O–H groups in total. The molecule has 0 aromatic rings. The highest BCUT2D eigenvalue weighted by molar-refractivity contribution is 4.76. The van der Waals surface area contributed by atoms with E-state index < -0.39 is 0 Å². The van der Waals surface area contributed by atoms with Gasteiger partial charge in [-0.2, -0.15) is 0 Å². The van der Waals surface area contributed by atoms with Crippen LogP contribution < -0.4 is 5.32 Å². The van der Waals surface area contributed by atoms with Crippen LogP contribution in [0.3, 0.4) is 0 Å². The van der Waals surface area contributed by atoms with Crippen molar-refractivity contribution >= 4 is 0 Å².